The topological polar surface area (TPSA) is 73.9 Å². The first-order valence-electron chi connectivity index (χ1n) is 4.31. The highest BCUT2D eigenvalue weighted by atomic mass is 16.6. The Morgan fingerprint density at radius 2 is 2.07 bits per heavy atom. The van der Waals surface area contributed by atoms with Gasteiger partial charge in [0.05, 0.1) is 7.11 Å². The third-order valence-corrected chi connectivity index (χ3v) is 1.64. The molecule has 0 aromatic heterocycles. The Hall–Kier alpha value is -2.04. The summed E-state index contributed by atoms with van der Waals surface area (Å²) in [5.41, 5.74) is 6.33. The number of ether oxygens (including phenoxy) is 1. The fraction of sp³-hybridized carbons (Fsp3) is 0.200. The van der Waals surface area contributed by atoms with E-state index >= 15 is 0 Å². The Bertz CT molecular complexity index is 349. The number of oxime groups is 1. The lowest BCUT2D eigenvalue weighted by atomic mass is 10.2. The van der Waals surface area contributed by atoms with Crippen molar-refractivity contribution in [1.29, 1.82) is 0 Å². The molecule has 0 bridgehead atoms. The zero-order chi connectivity index (χ0) is 11.1. The fourth-order valence-corrected chi connectivity index (χ4v) is 0.875. The van der Waals surface area contributed by atoms with Crippen LogP contribution in [-0.2, 0) is 14.4 Å². The number of carbonyl (C=O) groups excluding carboxylic acids is 1. The second kappa shape index (κ2) is 5.64. The average molecular weight is 208 g/mol. The summed E-state index contributed by atoms with van der Waals surface area (Å²) in [6.45, 7) is -0.246. The third-order valence-electron chi connectivity index (χ3n) is 1.64. The van der Waals surface area contributed by atoms with Gasteiger partial charge in [-0.1, -0.05) is 35.5 Å². The molecule has 0 radical (unpaired) electrons. The molecule has 0 atom stereocenters. The Kier molecular flexibility index (Phi) is 4.15. The van der Waals surface area contributed by atoms with Gasteiger partial charge in [0.2, 0.25) is 6.61 Å². The van der Waals surface area contributed by atoms with Crippen LogP contribution in [0.15, 0.2) is 35.5 Å². The summed E-state index contributed by atoms with van der Waals surface area (Å²) in [7, 11) is 1.27. The van der Waals surface area contributed by atoms with Gasteiger partial charge in [-0.3, -0.25) is 0 Å². The van der Waals surface area contributed by atoms with Crippen molar-refractivity contribution in [3.05, 3.63) is 35.9 Å². The van der Waals surface area contributed by atoms with Crippen LogP contribution < -0.4 is 5.73 Å². The summed E-state index contributed by atoms with van der Waals surface area (Å²) in [6, 6.07) is 9.11. The molecule has 0 amide bonds. The van der Waals surface area contributed by atoms with Crippen molar-refractivity contribution in [2.45, 2.75) is 0 Å². The first-order valence-corrected chi connectivity index (χ1v) is 4.31. The second-order valence-corrected chi connectivity index (χ2v) is 2.69. The summed E-state index contributed by atoms with van der Waals surface area (Å²) in [5, 5.41) is 3.58. The van der Waals surface area contributed by atoms with Gasteiger partial charge in [-0.2, -0.15) is 0 Å². The lowest BCUT2D eigenvalue weighted by Crippen LogP contribution is -2.15. The van der Waals surface area contributed by atoms with E-state index in [1.807, 2.05) is 18.2 Å². The Balaban J connectivity index is 2.50. The molecular formula is C10H12N2O3. The van der Waals surface area contributed by atoms with Crippen LogP contribution in [0.2, 0.25) is 0 Å². The highest BCUT2D eigenvalue weighted by Crippen LogP contribution is 1.97. The summed E-state index contributed by atoms with van der Waals surface area (Å²) < 4.78 is 4.36. The van der Waals surface area contributed by atoms with E-state index < -0.39 is 5.97 Å². The van der Waals surface area contributed by atoms with Crippen LogP contribution in [0, 0.1) is 0 Å². The van der Waals surface area contributed by atoms with Gasteiger partial charge in [0, 0.05) is 5.56 Å². The number of nitrogens with zero attached hydrogens (tertiary/aromatic N) is 1. The van der Waals surface area contributed by atoms with Crippen LogP contribution in [0.1, 0.15) is 5.56 Å². The average Bonchev–Trinajstić information content (AvgIpc) is 2.29. The number of esters is 1. The molecule has 0 aliphatic heterocycles. The van der Waals surface area contributed by atoms with E-state index in [-0.39, 0.29) is 12.4 Å². The van der Waals surface area contributed by atoms with Gasteiger partial charge < -0.3 is 15.3 Å². The van der Waals surface area contributed by atoms with E-state index in [9.17, 15) is 4.79 Å². The molecule has 1 rings (SSSR count). The Morgan fingerprint density at radius 1 is 1.40 bits per heavy atom. The largest absolute Gasteiger partial charge is 0.466 e. The van der Waals surface area contributed by atoms with Gasteiger partial charge in [-0.05, 0) is 0 Å². The maximum Gasteiger partial charge on any atom is 0.346 e. The van der Waals surface area contributed by atoms with Crippen LogP contribution in [0.3, 0.4) is 0 Å². The molecule has 2 N–H and O–H groups in total. The summed E-state index contributed by atoms with van der Waals surface area (Å²) in [4.78, 5) is 15.4. The molecule has 0 aliphatic carbocycles. The van der Waals surface area contributed by atoms with Crippen molar-refractivity contribution in [2.24, 2.45) is 10.9 Å². The van der Waals surface area contributed by atoms with E-state index in [4.69, 9.17) is 10.6 Å². The normalized spacial score (nSPS) is 10.9. The molecule has 0 aliphatic rings. The van der Waals surface area contributed by atoms with E-state index in [0.717, 1.165) is 5.56 Å². The highest BCUT2D eigenvalue weighted by molar-refractivity contribution is 5.97. The summed E-state index contributed by atoms with van der Waals surface area (Å²) in [6.07, 6.45) is 0. The molecule has 0 saturated heterocycles. The number of hydrogen-bond donors (Lipinski definition) is 1. The molecule has 0 heterocycles. The number of hydrogen-bond acceptors (Lipinski definition) is 4. The maximum atomic E-state index is 10.7. The third kappa shape index (κ3) is 3.68. The molecular weight excluding hydrogens is 196 g/mol. The van der Waals surface area contributed by atoms with Gasteiger partial charge >= 0.3 is 5.97 Å². The summed E-state index contributed by atoms with van der Waals surface area (Å²) in [5.74, 6) is -0.279. The molecule has 0 saturated carbocycles. The van der Waals surface area contributed by atoms with Crippen molar-refractivity contribution in [1.82, 2.24) is 0 Å². The molecule has 0 spiro atoms. The molecule has 5 heteroatoms. The first-order chi connectivity index (χ1) is 7.24. The minimum Gasteiger partial charge on any atom is -0.466 e. The second-order valence-electron chi connectivity index (χ2n) is 2.69. The lowest BCUT2D eigenvalue weighted by Gasteiger charge is -2.00. The fourth-order valence-electron chi connectivity index (χ4n) is 0.875. The van der Waals surface area contributed by atoms with Gasteiger partial charge in [-0.15, -0.1) is 0 Å². The number of carbonyl (C=O) groups is 1. The summed E-state index contributed by atoms with van der Waals surface area (Å²) >= 11 is 0. The number of amidine groups is 1. The number of nitrogens with two attached hydrogens (primary N) is 1. The van der Waals surface area contributed by atoms with E-state index in [1.54, 1.807) is 12.1 Å². The van der Waals surface area contributed by atoms with Crippen molar-refractivity contribution >= 4 is 11.8 Å². The quantitative estimate of drug-likeness (QED) is 0.338. The van der Waals surface area contributed by atoms with Gasteiger partial charge in [0.25, 0.3) is 0 Å². The molecule has 15 heavy (non-hydrogen) atoms. The molecule has 5 nitrogen and oxygen atoms in total. The minimum absolute atomic E-state index is 0.222. The van der Waals surface area contributed by atoms with Gasteiger partial charge in [0.15, 0.2) is 5.84 Å². The minimum atomic E-state index is -0.500. The van der Waals surface area contributed by atoms with Crippen molar-refractivity contribution in [3.63, 3.8) is 0 Å². The smallest absolute Gasteiger partial charge is 0.346 e. The zero-order valence-electron chi connectivity index (χ0n) is 8.34. The number of benzene rings is 1. The predicted molar refractivity (Wildman–Crippen MR) is 55.1 cm³/mol. The maximum absolute atomic E-state index is 10.7. The van der Waals surface area contributed by atoms with Crippen LogP contribution >= 0.6 is 0 Å². The predicted octanol–water partition coefficient (Wildman–Crippen LogP) is 0.496. The molecule has 1 aromatic rings. The van der Waals surface area contributed by atoms with Crippen molar-refractivity contribution in [3.8, 4) is 0 Å². The molecule has 1 aromatic carbocycles. The van der Waals surface area contributed by atoms with Crippen LogP contribution in [0.4, 0.5) is 0 Å². The first kappa shape index (κ1) is 11.0. The van der Waals surface area contributed by atoms with Gasteiger partial charge in [0.1, 0.15) is 0 Å². The monoisotopic (exact) mass is 208 g/mol. The molecule has 0 unspecified atom stereocenters. The highest BCUT2D eigenvalue weighted by Gasteiger charge is 2.00. The molecule has 0 fully saturated rings. The van der Waals surface area contributed by atoms with Crippen LogP contribution in [0.25, 0.3) is 0 Å². The van der Waals surface area contributed by atoms with E-state index in [2.05, 4.69) is 9.89 Å². The van der Waals surface area contributed by atoms with Gasteiger partial charge in [-0.25, -0.2) is 4.79 Å². The SMILES string of the molecule is COC(=O)CO/N=C(\N)c1ccccc1. The van der Waals surface area contributed by atoms with E-state index in [0.29, 0.717) is 0 Å². The number of rotatable bonds is 4. The lowest BCUT2D eigenvalue weighted by molar-refractivity contribution is -0.145. The Labute approximate surface area is 87.5 Å². The van der Waals surface area contributed by atoms with Crippen molar-refractivity contribution in [2.75, 3.05) is 13.7 Å². The number of methoxy groups -OCH3 is 1. The zero-order valence-corrected chi connectivity index (χ0v) is 8.34. The Morgan fingerprint density at radius 3 is 2.67 bits per heavy atom. The molecule has 80 valence electrons. The van der Waals surface area contributed by atoms with Crippen LogP contribution in [-0.4, -0.2) is 25.5 Å². The van der Waals surface area contributed by atoms with Crippen LogP contribution in [0.5, 0.6) is 0 Å². The van der Waals surface area contributed by atoms with E-state index in [1.165, 1.54) is 7.11 Å². The standard InChI is InChI=1S/C10H12N2O3/c1-14-9(13)7-15-12-10(11)8-5-3-2-4-6-8/h2-6H,7H2,1H3,(H2,11,12). The van der Waals surface area contributed by atoms with Crippen molar-refractivity contribution < 1.29 is 14.4 Å².